The summed E-state index contributed by atoms with van der Waals surface area (Å²) < 4.78 is 0. The van der Waals surface area contributed by atoms with Crippen molar-refractivity contribution in [1.29, 1.82) is 0 Å². The fraction of sp³-hybridized carbons (Fsp3) is 0.476. The number of rotatable bonds is 6. The van der Waals surface area contributed by atoms with Gasteiger partial charge in [-0.05, 0) is 50.5 Å². The largest absolute Gasteiger partial charge is 0.355 e. The van der Waals surface area contributed by atoms with Crippen LogP contribution >= 0.6 is 0 Å². The van der Waals surface area contributed by atoms with Gasteiger partial charge in [0.05, 0.1) is 0 Å². The molecule has 0 saturated carbocycles. The van der Waals surface area contributed by atoms with E-state index < -0.39 is 0 Å². The van der Waals surface area contributed by atoms with E-state index in [1.165, 1.54) is 0 Å². The van der Waals surface area contributed by atoms with E-state index in [9.17, 15) is 14.4 Å². The Kier molecular flexibility index (Phi) is 7.58. The number of likely N-dealkylation sites (tertiary alicyclic amines) is 1. The van der Waals surface area contributed by atoms with E-state index in [1.807, 2.05) is 30.9 Å². The number of hydrogen-bond donors (Lipinski definition) is 1. The molecule has 0 aromatic heterocycles. The van der Waals surface area contributed by atoms with Gasteiger partial charge in [0.25, 0.3) is 5.91 Å². The van der Waals surface area contributed by atoms with Crippen molar-refractivity contribution in [2.75, 3.05) is 33.2 Å². The summed E-state index contributed by atoms with van der Waals surface area (Å²) in [4.78, 5) is 40.0. The third kappa shape index (κ3) is 5.42. The van der Waals surface area contributed by atoms with Gasteiger partial charge in [-0.2, -0.15) is 0 Å². The standard InChI is InChI=1S/C21H29N3O3/c1-4-23(5-2)21(27)18-12-14-24(15-13-18)19(25)11-8-16-6-9-17(10-7-16)20(26)22-3/h6-11,18H,4-5,12-15H2,1-3H3,(H,22,26)/b11-8+. The van der Waals surface area contributed by atoms with E-state index in [-0.39, 0.29) is 23.6 Å². The van der Waals surface area contributed by atoms with Crippen molar-refractivity contribution in [1.82, 2.24) is 15.1 Å². The first kappa shape index (κ1) is 20.7. The number of carbonyl (C=O) groups is 3. The zero-order valence-corrected chi connectivity index (χ0v) is 16.4. The SMILES string of the molecule is CCN(CC)C(=O)C1CCN(C(=O)/C=C/c2ccc(C(=O)NC)cc2)CC1. The second-order valence-electron chi connectivity index (χ2n) is 6.64. The number of carbonyl (C=O) groups excluding carboxylic acids is 3. The van der Waals surface area contributed by atoms with Gasteiger partial charge < -0.3 is 15.1 Å². The molecule has 1 aliphatic heterocycles. The summed E-state index contributed by atoms with van der Waals surface area (Å²) >= 11 is 0. The number of piperidine rings is 1. The van der Waals surface area contributed by atoms with Gasteiger partial charge in [0.1, 0.15) is 0 Å². The minimum absolute atomic E-state index is 0.0233. The molecule has 1 aromatic rings. The third-order valence-corrected chi connectivity index (χ3v) is 5.05. The topological polar surface area (TPSA) is 69.7 Å². The molecule has 27 heavy (non-hydrogen) atoms. The molecule has 3 amide bonds. The molecule has 0 atom stereocenters. The number of nitrogens with one attached hydrogen (secondary N) is 1. The Hall–Kier alpha value is -2.63. The second-order valence-corrected chi connectivity index (χ2v) is 6.64. The Morgan fingerprint density at radius 1 is 1.11 bits per heavy atom. The molecule has 2 rings (SSSR count). The Morgan fingerprint density at radius 2 is 1.70 bits per heavy atom. The van der Waals surface area contributed by atoms with Crippen LogP contribution in [0.5, 0.6) is 0 Å². The van der Waals surface area contributed by atoms with Crippen LogP contribution in [0.25, 0.3) is 6.08 Å². The van der Waals surface area contributed by atoms with Gasteiger partial charge in [-0.25, -0.2) is 0 Å². The highest BCUT2D eigenvalue weighted by Crippen LogP contribution is 2.20. The average Bonchev–Trinajstić information content (AvgIpc) is 2.72. The Bertz CT molecular complexity index is 685. The second kappa shape index (κ2) is 9.90. The van der Waals surface area contributed by atoms with E-state index in [4.69, 9.17) is 0 Å². The quantitative estimate of drug-likeness (QED) is 0.779. The fourth-order valence-corrected chi connectivity index (χ4v) is 3.30. The Balaban J connectivity index is 1.88. The van der Waals surface area contributed by atoms with Gasteiger partial charge in [0, 0.05) is 50.8 Å². The predicted octanol–water partition coefficient (Wildman–Crippen LogP) is 2.17. The average molecular weight is 371 g/mol. The van der Waals surface area contributed by atoms with Crippen molar-refractivity contribution >= 4 is 23.8 Å². The molecule has 1 fully saturated rings. The normalized spacial score (nSPS) is 15.0. The van der Waals surface area contributed by atoms with Crippen LogP contribution < -0.4 is 5.32 Å². The Morgan fingerprint density at radius 3 is 2.22 bits per heavy atom. The maximum atomic E-state index is 12.4. The van der Waals surface area contributed by atoms with Gasteiger partial charge in [-0.15, -0.1) is 0 Å². The summed E-state index contributed by atoms with van der Waals surface area (Å²) in [7, 11) is 1.59. The summed E-state index contributed by atoms with van der Waals surface area (Å²) in [5, 5.41) is 2.57. The molecule has 1 aromatic carbocycles. The van der Waals surface area contributed by atoms with Crippen LogP contribution in [0.3, 0.4) is 0 Å². The van der Waals surface area contributed by atoms with Crippen LogP contribution in [-0.4, -0.2) is 60.7 Å². The van der Waals surface area contributed by atoms with Crippen LogP contribution in [0.15, 0.2) is 30.3 Å². The zero-order chi connectivity index (χ0) is 19.8. The molecular formula is C21H29N3O3. The molecule has 1 saturated heterocycles. The molecule has 0 aliphatic carbocycles. The fourth-order valence-electron chi connectivity index (χ4n) is 3.30. The lowest BCUT2D eigenvalue weighted by molar-refractivity contribution is -0.139. The van der Waals surface area contributed by atoms with Gasteiger partial charge in [0.15, 0.2) is 0 Å². The van der Waals surface area contributed by atoms with Crippen molar-refractivity contribution in [3.8, 4) is 0 Å². The van der Waals surface area contributed by atoms with Crippen molar-refractivity contribution in [2.45, 2.75) is 26.7 Å². The van der Waals surface area contributed by atoms with Crippen molar-refractivity contribution in [2.24, 2.45) is 5.92 Å². The van der Waals surface area contributed by atoms with E-state index in [0.29, 0.717) is 18.7 Å². The molecule has 6 heteroatoms. The predicted molar refractivity (Wildman–Crippen MR) is 106 cm³/mol. The first-order valence-corrected chi connectivity index (χ1v) is 9.58. The molecule has 0 radical (unpaired) electrons. The summed E-state index contributed by atoms with van der Waals surface area (Å²) in [5.41, 5.74) is 1.45. The minimum Gasteiger partial charge on any atom is -0.355 e. The highest BCUT2D eigenvalue weighted by Gasteiger charge is 2.28. The maximum absolute atomic E-state index is 12.4. The van der Waals surface area contributed by atoms with Gasteiger partial charge in [-0.3, -0.25) is 14.4 Å². The van der Waals surface area contributed by atoms with E-state index >= 15 is 0 Å². The van der Waals surface area contributed by atoms with E-state index in [0.717, 1.165) is 31.5 Å². The highest BCUT2D eigenvalue weighted by atomic mass is 16.2. The lowest BCUT2D eigenvalue weighted by Gasteiger charge is -2.33. The monoisotopic (exact) mass is 371 g/mol. The maximum Gasteiger partial charge on any atom is 0.251 e. The lowest BCUT2D eigenvalue weighted by atomic mass is 9.95. The molecule has 0 spiro atoms. The number of nitrogens with zero attached hydrogens (tertiary/aromatic N) is 2. The number of amides is 3. The molecule has 6 nitrogen and oxygen atoms in total. The first-order chi connectivity index (χ1) is 13.0. The van der Waals surface area contributed by atoms with Gasteiger partial charge >= 0.3 is 0 Å². The summed E-state index contributed by atoms with van der Waals surface area (Å²) in [6, 6.07) is 7.08. The summed E-state index contributed by atoms with van der Waals surface area (Å²) in [5.74, 6) is 0.0527. The zero-order valence-electron chi connectivity index (χ0n) is 16.4. The highest BCUT2D eigenvalue weighted by molar-refractivity contribution is 5.95. The molecule has 1 heterocycles. The summed E-state index contributed by atoms with van der Waals surface area (Å²) in [6.07, 6.45) is 4.75. The molecule has 0 unspecified atom stereocenters. The van der Waals surface area contributed by atoms with Crippen LogP contribution in [0.4, 0.5) is 0 Å². The summed E-state index contributed by atoms with van der Waals surface area (Å²) in [6.45, 7) is 6.66. The van der Waals surface area contributed by atoms with Crippen LogP contribution in [0.2, 0.25) is 0 Å². The number of hydrogen-bond acceptors (Lipinski definition) is 3. The molecule has 0 bridgehead atoms. The molecular weight excluding hydrogens is 342 g/mol. The third-order valence-electron chi connectivity index (χ3n) is 5.05. The van der Waals surface area contributed by atoms with Gasteiger partial charge in [0.2, 0.25) is 11.8 Å². The molecule has 146 valence electrons. The molecule has 1 N–H and O–H groups in total. The smallest absolute Gasteiger partial charge is 0.251 e. The van der Waals surface area contributed by atoms with E-state index in [1.54, 1.807) is 36.2 Å². The lowest BCUT2D eigenvalue weighted by Crippen LogP contribution is -2.44. The van der Waals surface area contributed by atoms with Crippen LogP contribution in [-0.2, 0) is 9.59 Å². The van der Waals surface area contributed by atoms with Crippen LogP contribution in [0.1, 0.15) is 42.6 Å². The van der Waals surface area contributed by atoms with Crippen molar-refractivity contribution in [3.63, 3.8) is 0 Å². The first-order valence-electron chi connectivity index (χ1n) is 9.58. The molecule has 1 aliphatic rings. The Labute approximate surface area is 161 Å². The van der Waals surface area contributed by atoms with E-state index in [2.05, 4.69) is 5.32 Å². The van der Waals surface area contributed by atoms with Crippen molar-refractivity contribution in [3.05, 3.63) is 41.5 Å². The number of benzene rings is 1. The minimum atomic E-state index is -0.135. The van der Waals surface area contributed by atoms with Gasteiger partial charge in [-0.1, -0.05) is 12.1 Å². The van der Waals surface area contributed by atoms with Crippen LogP contribution in [0, 0.1) is 5.92 Å². The van der Waals surface area contributed by atoms with Crippen molar-refractivity contribution < 1.29 is 14.4 Å².